The molecule has 0 bridgehead atoms. The number of rotatable bonds is 8. The van der Waals surface area contributed by atoms with Crippen molar-refractivity contribution in [2.24, 2.45) is 0 Å². The van der Waals surface area contributed by atoms with Crippen LogP contribution in [0.5, 0.6) is 0 Å². The van der Waals surface area contributed by atoms with Gasteiger partial charge in [0, 0.05) is 35.4 Å². The number of carbonyl (C=O) groups is 1. The first kappa shape index (κ1) is 23.0. The standard InChI is InChI=1S/C23H21BrClFN6O/c24-18-14-29-32-21(13-20(31-22(18)32)17-5-1-2-6-19(17)25)27-11-3-4-12-28-23(33)30-16-9-7-15(26)8-10-16/h1-2,5-10,13-14,27H,3-4,11-12H2,(H2,28,30,33). The summed E-state index contributed by atoms with van der Waals surface area (Å²) in [4.78, 5) is 16.6. The fourth-order valence-electron chi connectivity index (χ4n) is 3.25. The SMILES string of the molecule is O=C(NCCCCNc1cc(-c2ccccc2Cl)nc2c(Br)cnn12)Nc1ccc(F)cc1. The number of carbonyl (C=O) groups excluding carboxylic acids is 1. The molecular weight excluding hydrogens is 511 g/mol. The Labute approximate surface area is 203 Å². The van der Waals surface area contributed by atoms with E-state index in [4.69, 9.17) is 16.6 Å². The summed E-state index contributed by atoms with van der Waals surface area (Å²) in [5.41, 5.74) is 2.82. The van der Waals surface area contributed by atoms with Crippen LogP contribution in [0.25, 0.3) is 16.9 Å². The Bertz CT molecular complexity index is 1260. The number of unbranched alkanes of at least 4 members (excludes halogenated alkanes) is 1. The van der Waals surface area contributed by atoms with Gasteiger partial charge in [-0.2, -0.15) is 9.61 Å². The van der Waals surface area contributed by atoms with Crippen LogP contribution >= 0.6 is 27.5 Å². The fourth-order valence-corrected chi connectivity index (χ4v) is 3.83. The lowest BCUT2D eigenvalue weighted by molar-refractivity contribution is 0.252. The maximum atomic E-state index is 12.9. The van der Waals surface area contributed by atoms with E-state index in [1.165, 1.54) is 24.3 Å². The molecule has 0 unspecified atom stereocenters. The van der Waals surface area contributed by atoms with Gasteiger partial charge in [0.25, 0.3) is 0 Å². The van der Waals surface area contributed by atoms with Crippen LogP contribution in [-0.4, -0.2) is 33.7 Å². The fraction of sp³-hybridized carbons (Fsp3) is 0.174. The van der Waals surface area contributed by atoms with Crippen LogP contribution in [0.15, 0.2) is 65.3 Å². The number of amides is 2. The summed E-state index contributed by atoms with van der Waals surface area (Å²) < 4.78 is 15.5. The third-order valence-corrected chi connectivity index (χ3v) is 5.76. The Morgan fingerprint density at radius 3 is 2.64 bits per heavy atom. The van der Waals surface area contributed by atoms with E-state index < -0.39 is 0 Å². The summed E-state index contributed by atoms with van der Waals surface area (Å²) in [6.45, 7) is 1.19. The third-order valence-electron chi connectivity index (χ3n) is 4.88. The summed E-state index contributed by atoms with van der Waals surface area (Å²) in [5, 5.41) is 13.9. The van der Waals surface area contributed by atoms with Crippen LogP contribution in [0.4, 0.5) is 20.7 Å². The number of urea groups is 1. The van der Waals surface area contributed by atoms with Crippen molar-refractivity contribution in [3.8, 4) is 11.3 Å². The molecule has 0 fully saturated rings. The maximum absolute atomic E-state index is 12.9. The largest absolute Gasteiger partial charge is 0.370 e. The van der Waals surface area contributed by atoms with E-state index in [0.717, 1.165) is 34.4 Å². The van der Waals surface area contributed by atoms with Gasteiger partial charge in [-0.3, -0.25) is 0 Å². The molecule has 4 aromatic rings. The predicted molar refractivity (Wildman–Crippen MR) is 132 cm³/mol. The quantitative estimate of drug-likeness (QED) is 0.245. The van der Waals surface area contributed by atoms with Gasteiger partial charge in [-0.05, 0) is 59.1 Å². The molecule has 3 N–H and O–H groups in total. The number of anilines is 2. The first-order chi connectivity index (χ1) is 16.0. The van der Waals surface area contributed by atoms with E-state index in [-0.39, 0.29) is 11.8 Å². The molecule has 33 heavy (non-hydrogen) atoms. The number of hydrogen-bond donors (Lipinski definition) is 3. The van der Waals surface area contributed by atoms with E-state index >= 15 is 0 Å². The minimum absolute atomic E-state index is 0.323. The van der Waals surface area contributed by atoms with Crippen molar-refractivity contribution in [2.45, 2.75) is 12.8 Å². The first-order valence-corrected chi connectivity index (χ1v) is 11.5. The van der Waals surface area contributed by atoms with E-state index in [2.05, 4.69) is 37.0 Å². The lowest BCUT2D eigenvalue weighted by atomic mass is 10.1. The van der Waals surface area contributed by atoms with Gasteiger partial charge in [0.05, 0.1) is 16.4 Å². The van der Waals surface area contributed by atoms with E-state index in [1.54, 1.807) is 10.7 Å². The van der Waals surface area contributed by atoms with Crippen LogP contribution in [0.3, 0.4) is 0 Å². The molecule has 0 radical (unpaired) electrons. The zero-order chi connectivity index (χ0) is 23.2. The molecule has 2 aromatic carbocycles. The topological polar surface area (TPSA) is 83.3 Å². The zero-order valence-electron chi connectivity index (χ0n) is 17.5. The van der Waals surface area contributed by atoms with Crippen molar-refractivity contribution in [2.75, 3.05) is 23.7 Å². The lowest BCUT2D eigenvalue weighted by Crippen LogP contribution is -2.29. The Morgan fingerprint density at radius 2 is 1.85 bits per heavy atom. The number of nitrogens with one attached hydrogen (secondary N) is 3. The molecule has 2 amide bonds. The van der Waals surface area contributed by atoms with Gasteiger partial charge in [-0.15, -0.1) is 0 Å². The summed E-state index contributed by atoms with van der Waals surface area (Å²) in [7, 11) is 0. The molecule has 0 aliphatic carbocycles. The van der Waals surface area contributed by atoms with E-state index in [0.29, 0.717) is 29.4 Å². The highest BCUT2D eigenvalue weighted by Crippen LogP contribution is 2.30. The monoisotopic (exact) mass is 530 g/mol. The van der Waals surface area contributed by atoms with Gasteiger partial charge < -0.3 is 16.0 Å². The van der Waals surface area contributed by atoms with Gasteiger partial charge >= 0.3 is 6.03 Å². The van der Waals surface area contributed by atoms with Crippen molar-refractivity contribution in [3.63, 3.8) is 0 Å². The molecule has 7 nitrogen and oxygen atoms in total. The summed E-state index contributed by atoms with van der Waals surface area (Å²) in [5.74, 6) is 0.448. The maximum Gasteiger partial charge on any atom is 0.319 e. The second-order valence-electron chi connectivity index (χ2n) is 7.26. The average molecular weight is 532 g/mol. The van der Waals surface area contributed by atoms with Crippen LogP contribution < -0.4 is 16.0 Å². The van der Waals surface area contributed by atoms with Crippen molar-refractivity contribution < 1.29 is 9.18 Å². The van der Waals surface area contributed by atoms with Crippen LogP contribution in [0.1, 0.15) is 12.8 Å². The molecule has 4 rings (SSSR count). The Kier molecular flexibility index (Phi) is 7.41. The van der Waals surface area contributed by atoms with Crippen LogP contribution in [0.2, 0.25) is 5.02 Å². The lowest BCUT2D eigenvalue weighted by Gasteiger charge is -2.12. The highest BCUT2D eigenvalue weighted by atomic mass is 79.9. The van der Waals surface area contributed by atoms with Gasteiger partial charge in [-0.1, -0.05) is 29.8 Å². The van der Waals surface area contributed by atoms with Crippen LogP contribution in [0, 0.1) is 5.82 Å². The molecule has 170 valence electrons. The Morgan fingerprint density at radius 1 is 1.09 bits per heavy atom. The smallest absolute Gasteiger partial charge is 0.319 e. The van der Waals surface area contributed by atoms with E-state index in [9.17, 15) is 9.18 Å². The zero-order valence-corrected chi connectivity index (χ0v) is 19.8. The van der Waals surface area contributed by atoms with E-state index in [1.807, 2.05) is 30.3 Å². The summed E-state index contributed by atoms with van der Waals surface area (Å²) >= 11 is 9.87. The summed E-state index contributed by atoms with van der Waals surface area (Å²) in [6, 6.07) is 14.8. The average Bonchev–Trinajstić information content (AvgIpc) is 3.18. The molecule has 2 aromatic heterocycles. The van der Waals surface area contributed by atoms with Gasteiger partial charge in [0.1, 0.15) is 11.6 Å². The highest BCUT2D eigenvalue weighted by Gasteiger charge is 2.13. The molecule has 0 atom stereocenters. The van der Waals surface area contributed by atoms with Crippen molar-refractivity contribution in [1.82, 2.24) is 19.9 Å². The molecule has 0 spiro atoms. The van der Waals surface area contributed by atoms with Crippen molar-refractivity contribution >= 4 is 50.7 Å². The normalized spacial score (nSPS) is 10.9. The highest BCUT2D eigenvalue weighted by molar-refractivity contribution is 9.10. The minimum atomic E-state index is -0.346. The first-order valence-electron chi connectivity index (χ1n) is 10.3. The summed E-state index contributed by atoms with van der Waals surface area (Å²) in [6.07, 6.45) is 3.30. The number of aromatic nitrogens is 3. The van der Waals surface area contributed by atoms with Gasteiger partial charge in [-0.25, -0.2) is 14.2 Å². The minimum Gasteiger partial charge on any atom is -0.370 e. The molecule has 2 heterocycles. The molecular formula is C23H21BrClFN6O. The van der Waals surface area contributed by atoms with Gasteiger partial charge in [0.15, 0.2) is 5.65 Å². The molecule has 10 heteroatoms. The molecule has 0 saturated carbocycles. The molecule has 0 aliphatic rings. The third kappa shape index (κ3) is 5.80. The molecule has 0 aliphatic heterocycles. The predicted octanol–water partition coefficient (Wildman–Crippen LogP) is 5.97. The number of hydrogen-bond acceptors (Lipinski definition) is 4. The number of fused-ring (bicyclic) bond motifs is 1. The van der Waals surface area contributed by atoms with Crippen molar-refractivity contribution in [1.29, 1.82) is 0 Å². The Balaban J connectivity index is 1.31. The Hall–Kier alpha value is -3.17. The number of halogens is 3. The van der Waals surface area contributed by atoms with Crippen LogP contribution in [-0.2, 0) is 0 Å². The van der Waals surface area contributed by atoms with Crippen molar-refractivity contribution in [3.05, 3.63) is 76.1 Å². The number of benzene rings is 2. The number of nitrogens with zero attached hydrogens (tertiary/aromatic N) is 3. The van der Waals surface area contributed by atoms with Gasteiger partial charge in [0.2, 0.25) is 0 Å². The second kappa shape index (κ2) is 10.6. The molecule has 0 saturated heterocycles. The second-order valence-corrected chi connectivity index (χ2v) is 8.52.